The highest BCUT2D eigenvalue weighted by Crippen LogP contribution is 2.28. The molecule has 2 heterocycles. The van der Waals surface area contributed by atoms with Crippen LogP contribution in [0.1, 0.15) is 12.0 Å². The third-order valence-corrected chi connectivity index (χ3v) is 4.15. The van der Waals surface area contributed by atoms with Crippen molar-refractivity contribution in [2.45, 2.75) is 12.8 Å². The number of rotatable bonds is 6. The summed E-state index contributed by atoms with van der Waals surface area (Å²) in [6.07, 6.45) is 2.53. The number of aliphatic imine (C=N–C) groups is 1. The van der Waals surface area contributed by atoms with Crippen LogP contribution in [0.4, 0.5) is 5.69 Å². The molecule has 0 fully saturated rings. The quantitative estimate of drug-likeness (QED) is 0.400. The van der Waals surface area contributed by atoms with Crippen LogP contribution in [0.15, 0.2) is 76.6 Å². The summed E-state index contributed by atoms with van der Waals surface area (Å²) in [7, 11) is 0. The highest BCUT2D eigenvalue weighted by molar-refractivity contribution is 5.78. The molecule has 140 valence electrons. The standard InChI is InChI=1S/C21H18N4O3/c26-18(10-9-14-5-2-1-3-6-14)23-15-7-4-8-16(13-15)28-17-11-12-22-20-19(17)24-21(27)25-20/h1-8,11-13H,9-10H2,(H,23,26)(H2,22,24,25,27)/p-1. The molecular weight excluding hydrogens is 356 g/mol. The SMILES string of the molecule is O=c1[nH]c2nccc(Oc3cccc(N=C([O-])CCc4ccccc4)c3)c2[nH]1. The molecule has 2 N–H and O–H groups in total. The van der Waals surface area contributed by atoms with Gasteiger partial charge in [-0.1, -0.05) is 36.4 Å². The van der Waals surface area contributed by atoms with E-state index < -0.39 is 0 Å². The fourth-order valence-corrected chi connectivity index (χ4v) is 2.84. The molecule has 0 spiro atoms. The van der Waals surface area contributed by atoms with E-state index in [0.717, 1.165) is 5.56 Å². The van der Waals surface area contributed by atoms with Gasteiger partial charge in [0.1, 0.15) is 11.3 Å². The molecule has 4 rings (SSSR count). The van der Waals surface area contributed by atoms with Crippen LogP contribution in [-0.4, -0.2) is 20.8 Å². The number of aromatic amines is 2. The topological polar surface area (TPSA) is 106 Å². The zero-order valence-corrected chi connectivity index (χ0v) is 14.9. The Morgan fingerprint density at radius 3 is 2.79 bits per heavy atom. The average molecular weight is 373 g/mol. The van der Waals surface area contributed by atoms with E-state index in [1.165, 1.54) is 0 Å². The Kier molecular flexibility index (Phi) is 4.88. The molecule has 2 aromatic carbocycles. The summed E-state index contributed by atoms with van der Waals surface area (Å²) in [5, 5.41) is 12.2. The number of benzene rings is 2. The first-order chi connectivity index (χ1) is 13.7. The second kappa shape index (κ2) is 7.79. The molecule has 0 saturated carbocycles. The third-order valence-electron chi connectivity index (χ3n) is 4.15. The lowest BCUT2D eigenvalue weighted by atomic mass is 10.1. The van der Waals surface area contributed by atoms with E-state index in [9.17, 15) is 9.90 Å². The van der Waals surface area contributed by atoms with Crippen molar-refractivity contribution in [3.05, 3.63) is 82.9 Å². The zero-order valence-electron chi connectivity index (χ0n) is 14.9. The van der Waals surface area contributed by atoms with Crippen LogP contribution in [0.3, 0.4) is 0 Å². The molecule has 28 heavy (non-hydrogen) atoms. The number of ether oxygens (including phenoxy) is 1. The number of nitrogens with zero attached hydrogens (tertiary/aromatic N) is 2. The van der Waals surface area contributed by atoms with Crippen molar-refractivity contribution in [2.75, 3.05) is 0 Å². The Balaban J connectivity index is 1.50. The predicted molar refractivity (Wildman–Crippen MR) is 105 cm³/mol. The van der Waals surface area contributed by atoms with Gasteiger partial charge in [-0.3, -0.25) is 9.98 Å². The molecule has 7 heteroatoms. The van der Waals surface area contributed by atoms with Gasteiger partial charge < -0.3 is 14.8 Å². The first-order valence-corrected chi connectivity index (χ1v) is 8.81. The molecule has 0 amide bonds. The first kappa shape index (κ1) is 17.5. The Morgan fingerprint density at radius 2 is 1.93 bits per heavy atom. The lowest BCUT2D eigenvalue weighted by Gasteiger charge is -2.11. The number of aromatic nitrogens is 3. The van der Waals surface area contributed by atoms with Crippen molar-refractivity contribution in [3.8, 4) is 11.5 Å². The second-order valence-electron chi connectivity index (χ2n) is 6.20. The third kappa shape index (κ3) is 4.09. The molecule has 0 atom stereocenters. The largest absolute Gasteiger partial charge is 0.862 e. The molecule has 7 nitrogen and oxygen atoms in total. The maximum atomic E-state index is 12.2. The maximum absolute atomic E-state index is 12.2. The van der Waals surface area contributed by atoms with Crippen LogP contribution in [0.5, 0.6) is 11.5 Å². The highest BCUT2D eigenvalue weighted by Gasteiger charge is 2.08. The van der Waals surface area contributed by atoms with Gasteiger partial charge in [0.25, 0.3) is 0 Å². The molecule has 4 aromatic rings. The molecule has 0 saturated heterocycles. The van der Waals surface area contributed by atoms with Gasteiger partial charge in [-0.25, -0.2) is 9.78 Å². The summed E-state index contributed by atoms with van der Waals surface area (Å²) in [4.78, 5) is 24.9. The van der Waals surface area contributed by atoms with E-state index in [1.807, 2.05) is 30.3 Å². The Morgan fingerprint density at radius 1 is 1.07 bits per heavy atom. The van der Waals surface area contributed by atoms with Crippen LogP contribution >= 0.6 is 0 Å². The zero-order chi connectivity index (χ0) is 19.3. The van der Waals surface area contributed by atoms with E-state index in [1.54, 1.807) is 36.5 Å². The summed E-state index contributed by atoms with van der Waals surface area (Å²) in [5.41, 5.74) is 2.16. The van der Waals surface area contributed by atoms with Crippen LogP contribution in [0, 0.1) is 0 Å². The molecule has 0 unspecified atom stereocenters. The van der Waals surface area contributed by atoms with Gasteiger partial charge in [-0.2, -0.15) is 0 Å². The van der Waals surface area contributed by atoms with E-state index in [-0.39, 0.29) is 11.6 Å². The van der Waals surface area contributed by atoms with Gasteiger partial charge in [0.15, 0.2) is 11.4 Å². The number of nitrogens with one attached hydrogen (secondary N) is 2. The monoisotopic (exact) mass is 373 g/mol. The minimum atomic E-state index is -0.355. The number of hydrogen-bond donors (Lipinski definition) is 2. The molecule has 2 aromatic heterocycles. The van der Waals surface area contributed by atoms with Crippen LogP contribution in [0.2, 0.25) is 0 Å². The summed E-state index contributed by atoms with van der Waals surface area (Å²) in [5.74, 6) is 0.768. The van der Waals surface area contributed by atoms with Crippen molar-refractivity contribution in [1.29, 1.82) is 0 Å². The fraction of sp³-hybridized carbons (Fsp3) is 0.0952. The molecule has 0 aliphatic carbocycles. The average Bonchev–Trinajstić information content (AvgIpc) is 3.09. The lowest BCUT2D eigenvalue weighted by Crippen LogP contribution is -2.17. The van der Waals surface area contributed by atoms with E-state index in [0.29, 0.717) is 41.2 Å². The normalized spacial score (nSPS) is 11.6. The number of pyridine rings is 1. The molecule has 0 bridgehead atoms. The maximum Gasteiger partial charge on any atom is 0.325 e. The number of fused-ring (bicyclic) bond motifs is 1. The van der Waals surface area contributed by atoms with Gasteiger partial charge in [0, 0.05) is 18.3 Å². The van der Waals surface area contributed by atoms with Gasteiger partial charge in [0.05, 0.1) is 5.69 Å². The number of H-pyrrole nitrogens is 2. The van der Waals surface area contributed by atoms with E-state index >= 15 is 0 Å². The lowest BCUT2D eigenvalue weighted by molar-refractivity contribution is -0.218. The van der Waals surface area contributed by atoms with Gasteiger partial charge >= 0.3 is 5.69 Å². The van der Waals surface area contributed by atoms with Crippen molar-refractivity contribution in [2.24, 2.45) is 4.99 Å². The van der Waals surface area contributed by atoms with Crippen molar-refractivity contribution in [3.63, 3.8) is 0 Å². The van der Waals surface area contributed by atoms with Crippen LogP contribution < -0.4 is 15.5 Å². The summed E-state index contributed by atoms with van der Waals surface area (Å²) in [6, 6.07) is 18.4. The van der Waals surface area contributed by atoms with Gasteiger partial charge in [0.2, 0.25) is 0 Å². The smallest absolute Gasteiger partial charge is 0.325 e. The second-order valence-corrected chi connectivity index (χ2v) is 6.20. The summed E-state index contributed by atoms with van der Waals surface area (Å²) >= 11 is 0. The van der Waals surface area contributed by atoms with Gasteiger partial charge in [-0.05, 0) is 36.4 Å². The number of hydrogen-bond acceptors (Lipinski definition) is 5. The first-order valence-electron chi connectivity index (χ1n) is 8.81. The number of aryl methyl sites for hydroxylation is 1. The van der Waals surface area contributed by atoms with Crippen molar-refractivity contribution in [1.82, 2.24) is 15.0 Å². The molecular formula is C21H17N4O3-. The Bertz CT molecular complexity index is 1180. The Hall–Kier alpha value is -3.87. The van der Waals surface area contributed by atoms with Crippen LogP contribution in [-0.2, 0) is 6.42 Å². The Labute approximate surface area is 160 Å². The minimum absolute atomic E-state index is 0.192. The highest BCUT2D eigenvalue weighted by atomic mass is 16.5. The summed E-state index contributed by atoms with van der Waals surface area (Å²) < 4.78 is 5.86. The molecule has 0 aliphatic heterocycles. The molecule has 0 aliphatic rings. The summed E-state index contributed by atoms with van der Waals surface area (Å²) in [6.45, 7) is 0. The molecule has 0 radical (unpaired) electrons. The van der Waals surface area contributed by atoms with Crippen molar-refractivity contribution >= 4 is 22.7 Å². The fourth-order valence-electron chi connectivity index (χ4n) is 2.84. The minimum Gasteiger partial charge on any atom is -0.862 e. The van der Waals surface area contributed by atoms with E-state index in [2.05, 4.69) is 19.9 Å². The predicted octanol–water partition coefficient (Wildman–Crippen LogP) is 3.07. The van der Waals surface area contributed by atoms with Crippen LogP contribution in [0.25, 0.3) is 11.2 Å². The van der Waals surface area contributed by atoms with E-state index in [4.69, 9.17) is 4.74 Å². The van der Waals surface area contributed by atoms with Gasteiger partial charge in [-0.15, -0.1) is 0 Å². The number of imidazole rings is 1. The van der Waals surface area contributed by atoms with Crippen molar-refractivity contribution < 1.29 is 9.84 Å².